The van der Waals surface area contributed by atoms with Crippen molar-refractivity contribution >= 4 is 5.96 Å². The Labute approximate surface area is 144 Å². The Morgan fingerprint density at radius 3 is 2.62 bits per heavy atom. The molecular weight excluding hydrogens is 298 g/mol. The van der Waals surface area contributed by atoms with E-state index >= 15 is 0 Å². The third kappa shape index (κ3) is 4.16. The molecule has 1 aromatic heterocycles. The molecular formula is C19H27N5. The predicted octanol–water partition coefficient (Wildman–Crippen LogP) is 2.72. The molecule has 128 valence electrons. The van der Waals surface area contributed by atoms with Crippen molar-refractivity contribution in [3.05, 3.63) is 48.3 Å². The van der Waals surface area contributed by atoms with Gasteiger partial charge < -0.3 is 10.2 Å². The lowest BCUT2D eigenvalue weighted by Crippen LogP contribution is -2.45. The van der Waals surface area contributed by atoms with Crippen LogP contribution in [0.3, 0.4) is 0 Å². The van der Waals surface area contributed by atoms with E-state index in [1.807, 2.05) is 24.0 Å². The van der Waals surface area contributed by atoms with Crippen LogP contribution in [0.25, 0.3) is 5.69 Å². The fourth-order valence-electron chi connectivity index (χ4n) is 3.11. The summed E-state index contributed by atoms with van der Waals surface area (Å²) in [7, 11) is 1.87. The van der Waals surface area contributed by atoms with Crippen LogP contribution in [-0.2, 0) is 6.42 Å². The molecule has 2 heterocycles. The first-order valence-electron chi connectivity index (χ1n) is 8.81. The molecule has 24 heavy (non-hydrogen) atoms. The summed E-state index contributed by atoms with van der Waals surface area (Å²) in [4.78, 5) is 6.81. The van der Waals surface area contributed by atoms with Crippen molar-refractivity contribution in [2.24, 2.45) is 10.9 Å². The van der Waals surface area contributed by atoms with E-state index in [4.69, 9.17) is 0 Å². The molecule has 1 saturated heterocycles. The predicted molar refractivity (Wildman–Crippen MR) is 98.6 cm³/mol. The Morgan fingerprint density at radius 2 is 2.00 bits per heavy atom. The van der Waals surface area contributed by atoms with E-state index in [1.54, 1.807) is 6.20 Å². The number of aliphatic imine (C=N–C) groups is 1. The number of benzene rings is 1. The van der Waals surface area contributed by atoms with Crippen molar-refractivity contribution in [1.82, 2.24) is 20.0 Å². The number of hydrogen-bond acceptors (Lipinski definition) is 2. The zero-order valence-electron chi connectivity index (χ0n) is 14.7. The van der Waals surface area contributed by atoms with Gasteiger partial charge in [0.15, 0.2) is 5.96 Å². The third-order valence-electron chi connectivity index (χ3n) is 4.70. The van der Waals surface area contributed by atoms with Crippen LogP contribution in [0, 0.1) is 5.92 Å². The summed E-state index contributed by atoms with van der Waals surface area (Å²) in [5, 5.41) is 7.76. The molecule has 1 aliphatic heterocycles. The molecule has 3 rings (SSSR count). The van der Waals surface area contributed by atoms with Crippen LogP contribution in [0.2, 0.25) is 0 Å². The van der Waals surface area contributed by atoms with Crippen LogP contribution in [0.5, 0.6) is 0 Å². The Kier molecular flexibility index (Phi) is 5.51. The van der Waals surface area contributed by atoms with Crippen LogP contribution in [0.1, 0.15) is 25.3 Å². The molecule has 0 spiro atoms. The van der Waals surface area contributed by atoms with Gasteiger partial charge in [0, 0.05) is 39.1 Å². The van der Waals surface area contributed by atoms with Gasteiger partial charge in [0.05, 0.1) is 5.69 Å². The Morgan fingerprint density at radius 1 is 1.25 bits per heavy atom. The van der Waals surface area contributed by atoms with Crippen molar-refractivity contribution in [2.45, 2.75) is 26.2 Å². The summed E-state index contributed by atoms with van der Waals surface area (Å²) < 4.78 is 1.88. The second kappa shape index (κ2) is 7.99. The molecule has 0 aliphatic carbocycles. The molecule has 2 aromatic rings. The third-order valence-corrected chi connectivity index (χ3v) is 4.70. The fourth-order valence-corrected chi connectivity index (χ4v) is 3.11. The van der Waals surface area contributed by atoms with Crippen molar-refractivity contribution in [3.63, 3.8) is 0 Å². The second-order valence-corrected chi connectivity index (χ2v) is 6.51. The van der Waals surface area contributed by atoms with Gasteiger partial charge in [-0.25, -0.2) is 4.68 Å². The first-order chi connectivity index (χ1) is 11.8. The van der Waals surface area contributed by atoms with E-state index in [-0.39, 0.29) is 0 Å². The molecule has 1 aliphatic rings. The molecule has 5 nitrogen and oxygen atoms in total. The lowest BCUT2D eigenvalue weighted by molar-refractivity contribution is 0.273. The number of nitrogens with zero attached hydrogens (tertiary/aromatic N) is 4. The van der Waals surface area contributed by atoms with Crippen molar-refractivity contribution in [2.75, 3.05) is 26.7 Å². The van der Waals surface area contributed by atoms with Crippen LogP contribution < -0.4 is 5.32 Å². The smallest absolute Gasteiger partial charge is 0.193 e. The molecule has 5 heteroatoms. The van der Waals surface area contributed by atoms with E-state index in [9.17, 15) is 0 Å². The maximum Gasteiger partial charge on any atom is 0.193 e. The highest BCUT2D eigenvalue weighted by molar-refractivity contribution is 5.79. The van der Waals surface area contributed by atoms with Gasteiger partial charge in [0.1, 0.15) is 0 Å². The van der Waals surface area contributed by atoms with Gasteiger partial charge in [0.2, 0.25) is 0 Å². The Hall–Kier alpha value is -2.30. The molecule has 1 N–H and O–H groups in total. The van der Waals surface area contributed by atoms with Crippen LogP contribution in [0.15, 0.2) is 47.7 Å². The van der Waals surface area contributed by atoms with Gasteiger partial charge >= 0.3 is 0 Å². The summed E-state index contributed by atoms with van der Waals surface area (Å²) in [5.74, 6) is 1.88. The summed E-state index contributed by atoms with van der Waals surface area (Å²) in [5.41, 5.74) is 2.41. The first kappa shape index (κ1) is 16.6. The number of rotatable bonds is 4. The summed E-state index contributed by atoms with van der Waals surface area (Å²) in [6.07, 6.45) is 7.26. The minimum absolute atomic E-state index is 0.840. The molecule has 0 atom stereocenters. The van der Waals surface area contributed by atoms with Crippen molar-refractivity contribution in [1.29, 1.82) is 0 Å². The summed E-state index contributed by atoms with van der Waals surface area (Å²) in [6, 6.07) is 10.5. The van der Waals surface area contributed by atoms with E-state index < -0.39 is 0 Å². The second-order valence-electron chi connectivity index (χ2n) is 6.51. The minimum atomic E-state index is 0.840. The molecule has 0 bridgehead atoms. The SMILES string of the molecule is CN=C(NCCc1ccc(-n2cccn2)cc1)N1CCC(C)CC1. The van der Waals surface area contributed by atoms with E-state index in [0.29, 0.717) is 0 Å². The highest BCUT2D eigenvalue weighted by atomic mass is 15.3. The molecule has 1 aromatic carbocycles. The number of nitrogens with one attached hydrogen (secondary N) is 1. The zero-order chi connectivity index (χ0) is 16.8. The number of hydrogen-bond donors (Lipinski definition) is 1. The van der Waals surface area contributed by atoms with Crippen LogP contribution in [0.4, 0.5) is 0 Å². The van der Waals surface area contributed by atoms with Crippen molar-refractivity contribution in [3.8, 4) is 5.69 Å². The van der Waals surface area contributed by atoms with Crippen LogP contribution >= 0.6 is 0 Å². The lowest BCUT2D eigenvalue weighted by atomic mass is 10.00. The maximum atomic E-state index is 4.44. The fraction of sp³-hybridized carbons (Fsp3) is 0.474. The van der Waals surface area contributed by atoms with Gasteiger partial charge in [-0.15, -0.1) is 0 Å². The van der Waals surface area contributed by atoms with Gasteiger partial charge in [-0.05, 0) is 48.9 Å². The number of piperidine rings is 1. The molecule has 0 saturated carbocycles. The highest BCUT2D eigenvalue weighted by Crippen LogP contribution is 2.16. The quantitative estimate of drug-likeness (QED) is 0.694. The number of guanidine groups is 1. The molecule has 0 unspecified atom stereocenters. The summed E-state index contributed by atoms with van der Waals surface area (Å²) >= 11 is 0. The van der Waals surface area contributed by atoms with Crippen LogP contribution in [-0.4, -0.2) is 47.3 Å². The topological polar surface area (TPSA) is 45.5 Å². The van der Waals surface area contributed by atoms with Gasteiger partial charge in [0.25, 0.3) is 0 Å². The lowest BCUT2D eigenvalue weighted by Gasteiger charge is -2.32. The minimum Gasteiger partial charge on any atom is -0.356 e. The summed E-state index contributed by atoms with van der Waals surface area (Å²) in [6.45, 7) is 5.46. The van der Waals surface area contributed by atoms with Gasteiger partial charge in [-0.3, -0.25) is 4.99 Å². The first-order valence-corrected chi connectivity index (χ1v) is 8.81. The Balaban J connectivity index is 1.48. The Bertz CT molecular complexity index is 637. The molecule has 0 radical (unpaired) electrons. The van der Waals surface area contributed by atoms with E-state index in [0.717, 1.165) is 43.6 Å². The monoisotopic (exact) mass is 325 g/mol. The number of aromatic nitrogens is 2. The van der Waals surface area contributed by atoms with E-state index in [1.165, 1.54) is 18.4 Å². The largest absolute Gasteiger partial charge is 0.356 e. The standard InChI is InChI=1S/C19H27N5/c1-16-9-14-23(15-10-16)19(20-2)21-12-8-17-4-6-18(7-5-17)24-13-3-11-22-24/h3-7,11,13,16H,8-10,12,14-15H2,1-2H3,(H,20,21). The zero-order valence-corrected chi connectivity index (χ0v) is 14.7. The normalized spacial score (nSPS) is 16.4. The van der Waals surface area contributed by atoms with Gasteiger partial charge in [-0.1, -0.05) is 19.1 Å². The van der Waals surface area contributed by atoms with Crippen molar-refractivity contribution < 1.29 is 0 Å². The van der Waals surface area contributed by atoms with E-state index in [2.05, 4.69) is 51.5 Å². The van der Waals surface area contributed by atoms with Gasteiger partial charge in [-0.2, -0.15) is 5.10 Å². The molecule has 0 amide bonds. The average molecular weight is 325 g/mol. The molecule has 1 fully saturated rings. The highest BCUT2D eigenvalue weighted by Gasteiger charge is 2.18. The average Bonchev–Trinajstić information content (AvgIpc) is 3.15. The number of likely N-dealkylation sites (tertiary alicyclic amines) is 1. The maximum absolute atomic E-state index is 4.44.